The van der Waals surface area contributed by atoms with Gasteiger partial charge in [-0.3, -0.25) is 0 Å². The minimum atomic E-state index is -0.0678. The Kier molecular flexibility index (Phi) is 3.49. The summed E-state index contributed by atoms with van der Waals surface area (Å²) in [4.78, 5) is 9.49. The Morgan fingerprint density at radius 2 is 2.36 bits per heavy atom. The lowest BCUT2D eigenvalue weighted by Gasteiger charge is -2.24. The summed E-state index contributed by atoms with van der Waals surface area (Å²) < 4.78 is 0. The minimum absolute atomic E-state index is 0.0245. The fourth-order valence-corrected chi connectivity index (χ4v) is 1.17. The maximum absolute atomic E-state index is 8.97. The standard InChI is InChI=1S/C8H13ClN4O/c1-5(4-14)13(2)7-6(9)3-11-8(10)12-7/h3,5,14H,4H2,1-2H3,(H2,10,11,12). The van der Waals surface area contributed by atoms with Gasteiger partial charge in [0.05, 0.1) is 18.8 Å². The molecular formula is C8H13ClN4O. The monoisotopic (exact) mass is 216 g/mol. The van der Waals surface area contributed by atoms with Gasteiger partial charge in [0.15, 0.2) is 5.82 Å². The molecule has 0 aliphatic rings. The van der Waals surface area contributed by atoms with Crippen LogP contribution in [0.15, 0.2) is 6.20 Å². The Bertz CT molecular complexity index is 320. The summed E-state index contributed by atoms with van der Waals surface area (Å²) in [5.74, 6) is 0.696. The van der Waals surface area contributed by atoms with E-state index in [-0.39, 0.29) is 18.6 Å². The van der Waals surface area contributed by atoms with Gasteiger partial charge in [-0.25, -0.2) is 4.98 Å². The largest absolute Gasteiger partial charge is 0.394 e. The van der Waals surface area contributed by atoms with Gasteiger partial charge in [-0.05, 0) is 6.92 Å². The molecule has 1 aromatic heterocycles. The number of halogens is 1. The molecule has 0 saturated carbocycles. The lowest BCUT2D eigenvalue weighted by Crippen LogP contribution is -2.32. The molecule has 1 heterocycles. The topological polar surface area (TPSA) is 75.3 Å². The van der Waals surface area contributed by atoms with Crippen LogP contribution in [0.1, 0.15) is 6.92 Å². The number of aliphatic hydroxyl groups is 1. The normalized spacial score (nSPS) is 12.6. The van der Waals surface area contributed by atoms with Crippen molar-refractivity contribution in [1.82, 2.24) is 9.97 Å². The van der Waals surface area contributed by atoms with E-state index in [1.807, 2.05) is 6.92 Å². The Morgan fingerprint density at radius 1 is 1.71 bits per heavy atom. The molecule has 0 amide bonds. The molecule has 0 aromatic carbocycles. The highest BCUT2D eigenvalue weighted by atomic mass is 35.5. The second kappa shape index (κ2) is 4.43. The third kappa shape index (κ3) is 2.24. The third-order valence-electron chi connectivity index (χ3n) is 2.00. The molecule has 0 aliphatic carbocycles. The first-order valence-electron chi connectivity index (χ1n) is 4.18. The van der Waals surface area contributed by atoms with E-state index < -0.39 is 0 Å². The van der Waals surface area contributed by atoms with E-state index in [9.17, 15) is 0 Å². The van der Waals surface area contributed by atoms with Crippen LogP contribution < -0.4 is 10.6 Å². The van der Waals surface area contributed by atoms with Crippen LogP contribution in [0, 0.1) is 0 Å². The average molecular weight is 217 g/mol. The van der Waals surface area contributed by atoms with Crippen molar-refractivity contribution in [3.63, 3.8) is 0 Å². The fraction of sp³-hybridized carbons (Fsp3) is 0.500. The number of aromatic nitrogens is 2. The van der Waals surface area contributed by atoms with E-state index >= 15 is 0 Å². The minimum Gasteiger partial charge on any atom is -0.394 e. The first-order valence-corrected chi connectivity index (χ1v) is 4.55. The summed E-state index contributed by atoms with van der Waals surface area (Å²) in [5.41, 5.74) is 5.44. The maximum atomic E-state index is 8.97. The number of nitrogen functional groups attached to an aromatic ring is 1. The Hall–Kier alpha value is -1.07. The maximum Gasteiger partial charge on any atom is 0.222 e. The molecule has 1 atom stereocenters. The molecule has 14 heavy (non-hydrogen) atoms. The van der Waals surface area contributed by atoms with Crippen molar-refractivity contribution in [3.8, 4) is 0 Å². The van der Waals surface area contributed by atoms with E-state index in [1.165, 1.54) is 6.20 Å². The summed E-state index contributed by atoms with van der Waals surface area (Å²) in [6.07, 6.45) is 1.44. The number of hydrogen-bond acceptors (Lipinski definition) is 5. The first-order chi connectivity index (χ1) is 6.56. The zero-order chi connectivity index (χ0) is 10.7. The number of nitrogens with zero attached hydrogens (tertiary/aromatic N) is 3. The van der Waals surface area contributed by atoms with Crippen LogP contribution in [0.5, 0.6) is 0 Å². The predicted molar refractivity (Wildman–Crippen MR) is 56.4 cm³/mol. The SMILES string of the molecule is CC(CO)N(C)c1nc(N)ncc1Cl. The van der Waals surface area contributed by atoms with Crippen LogP contribution in [0.25, 0.3) is 0 Å². The molecule has 78 valence electrons. The van der Waals surface area contributed by atoms with Crippen LogP contribution in [0.2, 0.25) is 5.02 Å². The number of anilines is 2. The first kappa shape index (κ1) is 11.0. The van der Waals surface area contributed by atoms with Gasteiger partial charge in [-0.2, -0.15) is 4.98 Å². The van der Waals surface area contributed by atoms with Crippen LogP contribution >= 0.6 is 11.6 Å². The van der Waals surface area contributed by atoms with Gasteiger partial charge in [0.2, 0.25) is 5.95 Å². The molecule has 3 N–H and O–H groups in total. The highest BCUT2D eigenvalue weighted by Crippen LogP contribution is 2.23. The molecule has 0 spiro atoms. The van der Waals surface area contributed by atoms with Crippen molar-refractivity contribution < 1.29 is 5.11 Å². The highest BCUT2D eigenvalue weighted by Gasteiger charge is 2.14. The predicted octanol–water partition coefficient (Wildman–Crippen LogP) is 0.529. The molecule has 5 nitrogen and oxygen atoms in total. The number of likely N-dealkylation sites (N-methyl/N-ethyl adjacent to an activating group) is 1. The van der Waals surface area contributed by atoms with Gasteiger partial charge in [0, 0.05) is 7.05 Å². The second-order valence-electron chi connectivity index (χ2n) is 3.04. The number of hydrogen-bond donors (Lipinski definition) is 2. The number of rotatable bonds is 3. The van der Waals surface area contributed by atoms with Crippen LogP contribution in [-0.4, -0.2) is 34.8 Å². The fourth-order valence-electron chi connectivity index (χ4n) is 0.950. The summed E-state index contributed by atoms with van der Waals surface area (Å²) >= 11 is 5.89. The lowest BCUT2D eigenvalue weighted by molar-refractivity contribution is 0.270. The van der Waals surface area contributed by atoms with E-state index in [1.54, 1.807) is 11.9 Å². The third-order valence-corrected chi connectivity index (χ3v) is 2.27. The van der Waals surface area contributed by atoms with Crippen molar-refractivity contribution in [3.05, 3.63) is 11.2 Å². The van der Waals surface area contributed by atoms with E-state index in [0.29, 0.717) is 10.8 Å². The van der Waals surface area contributed by atoms with Crippen LogP contribution in [0.4, 0.5) is 11.8 Å². The Balaban J connectivity index is 2.99. The zero-order valence-corrected chi connectivity index (χ0v) is 8.86. The molecule has 6 heteroatoms. The van der Waals surface area contributed by atoms with Gasteiger partial charge >= 0.3 is 0 Å². The van der Waals surface area contributed by atoms with Crippen molar-refractivity contribution in [2.45, 2.75) is 13.0 Å². The average Bonchev–Trinajstić information content (AvgIpc) is 2.19. The molecule has 0 aliphatic heterocycles. The number of aliphatic hydroxyl groups excluding tert-OH is 1. The van der Waals surface area contributed by atoms with E-state index in [4.69, 9.17) is 22.4 Å². The van der Waals surface area contributed by atoms with Crippen molar-refractivity contribution in [1.29, 1.82) is 0 Å². The Morgan fingerprint density at radius 3 is 2.93 bits per heavy atom. The van der Waals surface area contributed by atoms with E-state index in [2.05, 4.69) is 9.97 Å². The molecule has 0 saturated heterocycles. The van der Waals surface area contributed by atoms with Crippen LogP contribution in [0.3, 0.4) is 0 Å². The highest BCUT2D eigenvalue weighted by molar-refractivity contribution is 6.32. The van der Waals surface area contributed by atoms with Crippen molar-refractivity contribution >= 4 is 23.4 Å². The number of nitrogens with two attached hydrogens (primary N) is 1. The van der Waals surface area contributed by atoms with Crippen molar-refractivity contribution in [2.75, 3.05) is 24.3 Å². The Labute approximate surface area is 87.5 Å². The van der Waals surface area contributed by atoms with Gasteiger partial charge in [-0.1, -0.05) is 11.6 Å². The molecule has 1 aromatic rings. The summed E-state index contributed by atoms with van der Waals surface area (Å²) in [5, 5.41) is 9.39. The van der Waals surface area contributed by atoms with Crippen LogP contribution in [-0.2, 0) is 0 Å². The molecule has 1 rings (SSSR count). The smallest absolute Gasteiger partial charge is 0.222 e. The van der Waals surface area contributed by atoms with E-state index in [0.717, 1.165) is 0 Å². The summed E-state index contributed by atoms with van der Waals surface area (Å²) in [7, 11) is 1.79. The molecule has 0 fully saturated rings. The van der Waals surface area contributed by atoms with Gasteiger partial charge in [-0.15, -0.1) is 0 Å². The zero-order valence-electron chi connectivity index (χ0n) is 8.11. The quantitative estimate of drug-likeness (QED) is 0.771. The molecule has 0 radical (unpaired) electrons. The van der Waals surface area contributed by atoms with Gasteiger partial charge < -0.3 is 15.7 Å². The molecule has 1 unspecified atom stereocenters. The van der Waals surface area contributed by atoms with Crippen molar-refractivity contribution in [2.24, 2.45) is 0 Å². The molecule has 0 bridgehead atoms. The van der Waals surface area contributed by atoms with Gasteiger partial charge in [0.1, 0.15) is 5.02 Å². The summed E-state index contributed by atoms with van der Waals surface area (Å²) in [6, 6.07) is -0.0678. The second-order valence-corrected chi connectivity index (χ2v) is 3.45. The lowest BCUT2D eigenvalue weighted by atomic mass is 10.3. The van der Waals surface area contributed by atoms with Gasteiger partial charge in [0.25, 0.3) is 0 Å². The summed E-state index contributed by atoms with van der Waals surface area (Å²) in [6.45, 7) is 1.88. The molecular weight excluding hydrogens is 204 g/mol.